The summed E-state index contributed by atoms with van der Waals surface area (Å²) in [4.78, 5) is 10.4. The van der Waals surface area contributed by atoms with Gasteiger partial charge in [-0.05, 0) is 12.8 Å². The van der Waals surface area contributed by atoms with E-state index in [1.54, 1.807) is 0 Å². The monoisotopic (exact) mass is 236 g/mol. The van der Waals surface area contributed by atoms with Gasteiger partial charge in [-0.2, -0.15) is 17.4 Å². The molecule has 0 saturated heterocycles. The van der Waals surface area contributed by atoms with Crippen LogP contribution in [0.5, 0.6) is 0 Å². The number of carboxylic acid groups (broad SMARTS) is 1. The minimum Gasteiger partial charge on any atom is -0.480 e. The Bertz CT molecular complexity index is 322. The average molecular weight is 236 g/mol. The van der Waals surface area contributed by atoms with Crippen LogP contribution in [-0.2, 0) is 15.0 Å². The third-order valence-electron chi connectivity index (χ3n) is 2.44. The van der Waals surface area contributed by atoms with Crippen molar-refractivity contribution in [2.45, 2.75) is 31.7 Å². The molecule has 88 valence electrons. The topological polar surface area (TPSA) is 86.7 Å². The largest absolute Gasteiger partial charge is 0.480 e. The fourth-order valence-electron chi connectivity index (χ4n) is 1.62. The molecule has 2 N–H and O–H groups in total. The number of carbonyl (C=O) groups is 1. The molecule has 0 aromatic carbocycles. The van der Waals surface area contributed by atoms with Crippen molar-refractivity contribution in [2.24, 2.45) is 0 Å². The van der Waals surface area contributed by atoms with E-state index in [4.69, 9.17) is 5.11 Å². The van der Waals surface area contributed by atoms with Gasteiger partial charge in [0.1, 0.15) is 6.54 Å². The van der Waals surface area contributed by atoms with Crippen LogP contribution in [0.1, 0.15) is 25.7 Å². The number of hydrogen-bond donors (Lipinski definition) is 2. The van der Waals surface area contributed by atoms with Crippen LogP contribution >= 0.6 is 0 Å². The first-order valence-corrected chi connectivity index (χ1v) is 6.31. The van der Waals surface area contributed by atoms with Crippen LogP contribution in [-0.4, -0.2) is 43.4 Å². The molecule has 0 aromatic heterocycles. The lowest BCUT2D eigenvalue weighted by Gasteiger charge is -2.18. The van der Waals surface area contributed by atoms with Gasteiger partial charge in [0.05, 0.1) is 0 Å². The smallest absolute Gasteiger partial charge is 0.318 e. The summed E-state index contributed by atoms with van der Waals surface area (Å²) in [7, 11) is -2.38. The zero-order valence-electron chi connectivity index (χ0n) is 8.64. The molecule has 1 fully saturated rings. The molecule has 0 atom stereocenters. The van der Waals surface area contributed by atoms with E-state index < -0.39 is 22.7 Å². The van der Waals surface area contributed by atoms with Crippen molar-refractivity contribution in [2.75, 3.05) is 13.6 Å². The maximum Gasteiger partial charge on any atom is 0.318 e. The predicted octanol–water partition coefficient (Wildman–Crippen LogP) is -0.220. The van der Waals surface area contributed by atoms with Gasteiger partial charge in [-0.15, -0.1) is 0 Å². The molecule has 1 aliphatic rings. The normalized spacial score (nSPS) is 18.5. The summed E-state index contributed by atoms with van der Waals surface area (Å²) in [6.45, 7) is -0.512. The van der Waals surface area contributed by atoms with Crippen LogP contribution in [0.2, 0.25) is 0 Å². The molecule has 1 aliphatic carbocycles. The molecule has 1 saturated carbocycles. The second-order valence-corrected chi connectivity index (χ2v) is 5.56. The molecule has 1 rings (SSSR count). The van der Waals surface area contributed by atoms with Crippen molar-refractivity contribution >= 4 is 16.2 Å². The zero-order chi connectivity index (χ0) is 11.5. The lowest BCUT2D eigenvalue weighted by molar-refractivity contribution is -0.137. The van der Waals surface area contributed by atoms with Gasteiger partial charge in [0.15, 0.2) is 0 Å². The molecule has 0 aromatic rings. The number of nitrogens with zero attached hydrogens (tertiary/aromatic N) is 1. The van der Waals surface area contributed by atoms with Gasteiger partial charge < -0.3 is 5.11 Å². The lowest BCUT2D eigenvalue weighted by atomic mass is 10.3. The molecule has 7 heteroatoms. The number of likely N-dealkylation sites (N-methyl/N-ethyl adjacent to an activating group) is 1. The summed E-state index contributed by atoms with van der Waals surface area (Å²) >= 11 is 0. The first-order chi connectivity index (χ1) is 6.92. The standard InChI is InChI=1S/C8H16N2O4S/c1-10(6-8(11)12)15(13,14)9-7-4-2-3-5-7/h7,9H,2-6H2,1H3,(H,11,12). The fraction of sp³-hybridized carbons (Fsp3) is 0.875. The van der Waals surface area contributed by atoms with E-state index in [0.29, 0.717) is 0 Å². The lowest BCUT2D eigenvalue weighted by Crippen LogP contribution is -2.44. The van der Waals surface area contributed by atoms with Crippen LogP contribution in [0.25, 0.3) is 0 Å². The third kappa shape index (κ3) is 3.77. The summed E-state index contributed by atoms with van der Waals surface area (Å²) < 4.78 is 26.5. The van der Waals surface area contributed by atoms with Crippen LogP contribution in [0, 0.1) is 0 Å². The molecular weight excluding hydrogens is 220 g/mol. The van der Waals surface area contributed by atoms with Crippen LogP contribution < -0.4 is 4.72 Å². The molecule has 0 unspecified atom stereocenters. The Morgan fingerprint density at radius 2 is 2.00 bits per heavy atom. The Morgan fingerprint density at radius 3 is 2.47 bits per heavy atom. The third-order valence-corrected chi connectivity index (χ3v) is 4.02. The summed E-state index contributed by atoms with van der Waals surface area (Å²) in [6, 6.07) is -0.0359. The highest BCUT2D eigenvalue weighted by atomic mass is 32.2. The number of rotatable bonds is 5. The minimum atomic E-state index is -3.64. The van der Waals surface area contributed by atoms with E-state index in [0.717, 1.165) is 30.0 Å². The van der Waals surface area contributed by atoms with Crippen molar-refractivity contribution in [1.29, 1.82) is 0 Å². The molecular formula is C8H16N2O4S. The summed E-state index contributed by atoms with van der Waals surface area (Å²) in [5.74, 6) is -1.16. The van der Waals surface area contributed by atoms with E-state index in [9.17, 15) is 13.2 Å². The van der Waals surface area contributed by atoms with E-state index in [2.05, 4.69) is 4.72 Å². The van der Waals surface area contributed by atoms with E-state index >= 15 is 0 Å². The van der Waals surface area contributed by atoms with Crippen LogP contribution in [0.3, 0.4) is 0 Å². The van der Waals surface area contributed by atoms with Crippen molar-refractivity contribution in [3.05, 3.63) is 0 Å². The number of aliphatic carboxylic acids is 1. The average Bonchev–Trinajstić information content (AvgIpc) is 2.54. The Labute approximate surface area is 89.4 Å². The van der Waals surface area contributed by atoms with Gasteiger partial charge in [0.25, 0.3) is 10.2 Å². The summed E-state index contributed by atoms with van der Waals surface area (Å²) in [5, 5.41) is 8.47. The fourth-order valence-corrected chi connectivity index (χ4v) is 2.74. The van der Waals surface area contributed by atoms with Gasteiger partial charge in [0, 0.05) is 13.1 Å². The molecule has 0 heterocycles. The quantitative estimate of drug-likeness (QED) is 0.691. The Morgan fingerprint density at radius 1 is 1.47 bits per heavy atom. The number of carboxylic acids is 1. The first-order valence-electron chi connectivity index (χ1n) is 4.87. The van der Waals surface area contributed by atoms with Gasteiger partial charge >= 0.3 is 5.97 Å². The second kappa shape index (κ2) is 4.91. The van der Waals surface area contributed by atoms with Gasteiger partial charge in [-0.3, -0.25) is 4.79 Å². The van der Waals surface area contributed by atoms with Gasteiger partial charge in [-0.1, -0.05) is 12.8 Å². The molecule has 0 amide bonds. The summed E-state index contributed by atoms with van der Waals surface area (Å²) in [6.07, 6.45) is 3.71. The Kier molecular flexibility index (Phi) is 4.06. The van der Waals surface area contributed by atoms with Crippen molar-refractivity contribution < 1.29 is 18.3 Å². The first kappa shape index (κ1) is 12.4. The number of hydrogen-bond acceptors (Lipinski definition) is 3. The second-order valence-electron chi connectivity index (χ2n) is 3.75. The maximum atomic E-state index is 11.6. The molecule has 0 spiro atoms. The Balaban J connectivity index is 2.53. The molecule has 15 heavy (non-hydrogen) atoms. The highest BCUT2D eigenvalue weighted by molar-refractivity contribution is 7.87. The minimum absolute atomic E-state index is 0.0359. The van der Waals surface area contributed by atoms with Crippen molar-refractivity contribution in [3.63, 3.8) is 0 Å². The highest BCUT2D eigenvalue weighted by Gasteiger charge is 2.25. The zero-order valence-corrected chi connectivity index (χ0v) is 9.46. The van der Waals surface area contributed by atoms with E-state index in [-0.39, 0.29) is 6.04 Å². The SMILES string of the molecule is CN(CC(=O)O)S(=O)(=O)NC1CCCC1. The van der Waals surface area contributed by atoms with Crippen LogP contribution in [0.15, 0.2) is 0 Å². The maximum absolute atomic E-state index is 11.6. The van der Waals surface area contributed by atoms with E-state index in [1.807, 2.05) is 0 Å². The van der Waals surface area contributed by atoms with Crippen molar-refractivity contribution in [3.8, 4) is 0 Å². The molecule has 0 bridgehead atoms. The molecule has 0 aliphatic heterocycles. The van der Waals surface area contributed by atoms with Crippen LogP contribution in [0.4, 0.5) is 0 Å². The Hall–Kier alpha value is -0.660. The van der Waals surface area contributed by atoms with Gasteiger partial charge in [0.2, 0.25) is 0 Å². The van der Waals surface area contributed by atoms with Crippen molar-refractivity contribution in [1.82, 2.24) is 9.03 Å². The van der Waals surface area contributed by atoms with E-state index in [1.165, 1.54) is 7.05 Å². The highest BCUT2D eigenvalue weighted by Crippen LogP contribution is 2.18. The summed E-state index contributed by atoms with van der Waals surface area (Å²) in [5.41, 5.74) is 0. The number of nitrogens with one attached hydrogen (secondary N) is 1. The predicted molar refractivity (Wildman–Crippen MR) is 54.6 cm³/mol. The van der Waals surface area contributed by atoms with Gasteiger partial charge in [-0.25, -0.2) is 0 Å². The molecule has 6 nitrogen and oxygen atoms in total. The molecule has 0 radical (unpaired) electrons.